The molecule has 1 atom stereocenters. The van der Waals surface area contributed by atoms with Crippen molar-refractivity contribution in [1.82, 2.24) is 9.37 Å². The number of sulfonamides is 1. The lowest BCUT2D eigenvalue weighted by Crippen LogP contribution is -2.44. The minimum atomic E-state index is -3.71. The molecule has 168 valence electrons. The van der Waals surface area contributed by atoms with Gasteiger partial charge < -0.3 is 9.47 Å². The van der Waals surface area contributed by atoms with Crippen LogP contribution in [0.5, 0.6) is 11.5 Å². The van der Waals surface area contributed by atoms with Gasteiger partial charge in [0.25, 0.3) is 0 Å². The van der Waals surface area contributed by atoms with Gasteiger partial charge in [0.1, 0.15) is 6.10 Å². The zero-order valence-corrected chi connectivity index (χ0v) is 19.5. The Balaban J connectivity index is 1.64. The Morgan fingerprint density at radius 2 is 1.87 bits per heavy atom. The summed E-state index contributed by atoms with van der Waals surface area (Å²) in [4.78, 5) is 11.1. The van der Waals surface area contributed by atoms with E-state index in [9.17, 15) is 18.4 Å². The second-order valence-corrected chi connectivity index (χ2v) is 10.1. The molecule has 8 nitrogen and oxygen atoms in total. The van der Waals surface area contributed by atoms with Crippen LogP contribution in [-0.4, -0.2) is 61.5 Å². The standard InChI is InChI=1S/C21H25BrN2O6S/c1-29-21-13-17(22)7-8-20(21)30-18-9-11-23(12-10-18)31(27,28)14-19(24(26)15-25)16-5-3-2-4-6-16/h2-8,13,15,18-19,26H,9-12,14H2,1H3. The average molecular weight is 513 g/mol. The molecule has 1 heterocycles. The van der Waals surface area contributed by atoms with Crippen LogP contribution in [0, 0.1) is 0 Å². The number of nitrogens with zero attached hydrogens (tertiary/aromatic N) is 2. The minimum absolute atomic E-state index is 0.143. The topological polar surface area (TPSA) is 96.4 Å². The third kappa shape index (κ3) is 5.97. The van der Waals surface area contributed by atoms with E-state index in [0.29, 0.717) is 48.1 Å². The van der Waals surface area contributed by atoms with E-state index >= 15 is 0 Å². The smallest absolute Gasteiger partial charge is 0.233 e. The predicted molar refractivity (Wildman–Crippen MR) is 119 cm³/mol. The predicted octanol–water partition coefficient (Wildman–Crippen LogP) is 3.22. The van der Waals surface area contributed by atoms with Crippen molar-refractivity contribution in [2.45, 2.75) is 25.0 Å². The summed E-state index contributed by atoms with van der Waals surface area (Å²) < 4.78 is 39.6. The summed E-state index contributed by atoms with van der Waals surface area (Å²) in [5, 5.41) is 10.4. The molecule has 1 aliphatic heterocycles. The molecule has 1 fully saturated rings. The van der Waals surface area contributed by atoms with E-state index in [0.717, 1.165) is 4.47 Å². The molecule has 1 amide bonds. The lowest BCUT2D eigenvalue weighted by Gasteiger charge is -2.33. The third-order valence-corrected chi connectivity index (χ3v) is 7.58. The first-order valence-electron chi connectivity index (χ1n) is 9.79. The fourth-order valence-corrected chi connectivity index (χ4v) is 5.59. The van der Waals surface area contributed by atoms with E-state index in [4.69, 9.17) is 9.47 Å². The Labute approximate surface area is 190 Å². The SMILES string of the molecule is COc1cc(Br)ccc1OC1CCN(S(=O)(=O)CC(c2ccccc2)N(O)C=O)CC1. The molecule has 0 aliphatic carbocycles. The van der Waals surface area contributed by atoms with Gasteiger partial charge in [0.05, 0.1) is 18.9 Å². The van der Waals surface area contributed by atoms with Crippen molar-refractivity contribution in [3.8, 4) is 11.5 Å². The molecule has 0 spiro atoms. The molecule has 31 heavy (non-hydrogen) atoms. The second-order valence-electron chi connectivity index (χ2n) is 7.20. The van der Waals surface area contributed by atoms with Crippen molar-refractivity contribution in [1.29, 1.82) is 0 Å². The lowest BCUT2D eigenvalue weighted by atomic mass is 10.1. The summed E-state index contributed by atoms with van der Waals surface area (Å²) in [5.74, 6) is 0.809. The van der Waals surface area contributed by atoms with Crippen LogP contribution in [0.15, 0.2) is 53.0 Å². The van der Waals surface area contributed by atoms with Crippen LogP contribution in [0.25, 0.3) is 0 Å². The number of ether oxygens (including phenoxy) is 2. The van der Waals surface area contributed by atoms with Crippen molar-refractivity contribution in [2.24, 2.45) is 0 Å². The van der Waals surface area contributed by atoms with Gasteiger partial charge in [-0.3, -0.25) is 10.0 Å². The van der Waals surface area contributed by atoms with Crippen molar-refractivity contribution in [3.63, 3.8) is 0 Å². The first-order chi connectivity index (χ1) is 14.8. The fourth-order valence-electron chi connectivity index (χ4n) is 3.53. The zero-order valence-electron chi connectivity index (χ0n) is 17.1. The van der Waals surface area contributed by atoms with E-state index in [1.54, 1.807) is 37.4 Å². The monoisotopic (exact) mass is 512 g/mol. The summed E-state index contributed by atoms with van der Waals surface area (Å²) in [6.07, 6.45) is 1.12. The molecule has 1 saturated heterocycles. The summed E-state index contributed by atoms with van der Waals surface area (Å²) >= 11 is 3.39. The largest absolute Gasteiger partial charge is 0.493 e. The van der Waals surface area contributed by atoms with Crippen LogP contribution < -0.4 is 9.47 Å². The van der Waals surface area contributed by atoms with Gasteiger partial charge in [0, 0.05) is 17.6 Å². The number of hydroxylamine groups is 2. The van der Waals surface area contributed by atoms with Crippen LogP contribution in [-0.2, 0) is 14.8 Å². The lowest BCUT2D eigenvalue weighted by molar-refractivity contribution is -0.159. The zero-order chi connectivity index (χ0) is 22.4. The van der Waals surface area contributed by atoms with Gasteiger partial charge in [-0.05, 0) is 36.6 Å². The molecular weight excluding hydrogens is 488 g/mol. The third-order valence-electron chi connectivity index (χ3n) is 5.19. The molecule has 1 unspecified atom stereocenters. The fraction of sp³-hybridized carbons (Fsp3) is 0.381. The summed E-state index contributed by atoms with van der Waals surface area (Å²) in [6, 6.07) is 13.1. The van der Waals surface area contributed by atoms with E-state index in [-0.39, 0.29) is 12.5 Å². The maximum atomic E-state index is 13.0. The van der Waals surface area contributed by atoms with Gasteiger partial charge in [-0.1, -0.05) is 46.3 Å². The van der Waals surface area contributed by atoms with Crippen LogP contribution >= 0.6 is 15.9 Å². The quantitative estimate of drug-likeness (QED) is 0.314. The molecule has 2 aromatic carbocycles. The van der Waals surface area contributed by atoms with E-state index in [2.05, 4.69) is 15.9 Å². The maximum Gasteiger partial charge on any atom is 0.233 e. The number of carbonyl (C=O) groups excluding carboxylic acids is 1. The second kappa shape index (κ2) is 10.4. The molecule has 0 aromatic heterocycles. The molecule has 3 rings (SSSR count). The average Bonchev–Trinajstić information content (AvgIpc) is 2.79. The Bertz CT molecular complexity index is 981. The Hall–Kier alpha value is -2.14. The van der Waals surface area contributed by atoms with E-state index < -0.39 is 21.8 Å². The number of halogens is 1. The number of amides is 1. The number of piperidine rings is 1. The van der Waals surface area contributed by atoms with Gasteiger partial charge in [-0.2, -0.15) is 0 Å². The number of rotatable bonds is 9. The molecule has 1 aliphatic rings. The van der Waals surface area contributed by atoms with Crippen LogP contribution in [0.4, 0.5) is 0 Å². The first kappa shape index (κ1) is 23.5. The highest BCUT2D eigenvalue weighted by molar-refractivity contribution is 9.10. The maximum absolute atomic E-state index is 13.0. The highest BCUT2D eigenvalue weighted by atomic mass is 79.9. The number of methoxy groups -OCH3 is 1. The molecule has 10 heteroatoms. The molecule has 0 saturated carbocycles. The molecule has 0 radical (unpaired) electrons. The Kier molecular flexibility index (Phi) is 7.93. The van der Waals surface area contributed by atoms with Gasteiger partial charge in [0.2, 0.25) is 16.4 Å². The highest BCUT2D eigenvalue weighted by Gasteiger charge is 2.33. The van der Waals surface area contributed by atoms with Gasteiger partial charge in [-0.15, -0.1) is 0 Å². The highest BCUT2D eigenvalue weighted by Crippen LogP contribution is 2.33. The summed E-state index contributed by atoms with van der Waals surface area (Å²) in [7, 11) is -2.15. The van der Waals surface area contributed by atoms with Crippen molar-refractivity contribution in [2.75, 3.05) is 26.0 Å². The summed E-state index contributed by atoms with van der Waals surface area (Å²) in [5.41, 5.74) is 0.543. The van der Waals surface area contributed by atoms with Crippen molar-refractivity contribution < 1.29 is 27.9 Å². The number of hydrogen-bond donors (Lipinski definition) is 1. The number of carbonyl (C=O) groups is 1. The molecular formula is C21H25BrN2O6S. The van der Waals surface area contributed by atoms with Crippen LogP contribution in [0.2, 0.25) is 0 Å². The summed E-state index contributed by atoms with van der Waals surface area (Å²) in [6.45, 7) is 0.583. The number of hydrogen-bond acceptors (Lipinski definition) is 6. The normalized spacial score (nSPS) is 16.5. The molecule has 0 bridgehead atoms. The van der Waals surface area contributed by atoms with Crippen LogP contribution in [0.3, 0.4) is 0 Å². The molecule has 1 N–H and O–H groups in total. The van der Waals surface area contributed by atoms with Crippen LogP contribution in [0.1, 0.15) is 24.4 Å². The Morgan fingerprint density at radius 1 is 1.19 bits per heavy atom. The van der Waals surface area contributed by atoms with E-state index in [1.165, 1.54) is 4.31 Å². The van der Waals surface area contributed by atoms with Crippen molar-refractivity contribution in [3.05, 3.63) is 58.6 Å². The first-order valence-corrected chi connectivity index (χ1v) is 12.2. The Morgan fingerprint density at radius 3 is 2.48 bits per heavy atom. The van der Waals surface area contributed by atoms with Gasteiger partial charge in [0.15, 0.2) is 11.5 Å². The van der Waals surface area contributed by atoms with Gasteiger partial charge in [-0.25, -0.2) is 17.8 Å². The minimum Gasteiger partial charge on any atom is -0.493 e. The van der Waals surface area contributed by atoms with Gasteiger partial charge >= 0.3 is 0 Å². The number of benzene rings is 2. The van der Waals surface area contributed by atoms with E-state index in [1.807, 2.05) is 18.2 Å². The molecule has 2 aromatic rings. The van der Waals surface area contributed by atoms with Crippen molar-refractivity contribution >= 4 is 32.4 Å².